The maximum Gasteiger partial charge on any atom is 0.174 e. The monoisotopic (exact) mass is 577 g/mol. The molecule has 0 fully saturated rings. The van der Waals surface area contributed by atoms with Crippen LogP contribution in [-0.4, -0.2) is 26.0 Å². The van der Waals surface area contributed by atoms with Gasteiger partial charge in [-0.25, -0.2) is 8.78 Å². The van der Waals surface area contributed by atoms with Gasteiger partial charge in [-0.3, -0.25) is 4.99 Å². The van der Waals surface area contributed by atoms with Crippen molar-refractivity contribution in [3.8, 4) is 23.5 Å². The Morgan fingerprint density at radius 2 is 1.50 bits per heavy atom. The van der Waals surface area contributed by atoms with E-state index in [4.69, 9.17) is 16.0 Å². The third-order valence-electron chi connectivity index (χ3n) is 6.43. The number of nitrogens with one attached hydrogen (secondary N) is 1. The molecule has 0 aliphatic rings. The van der Waals surface area contributed by atoms with Gasteiger partial charge >= 0.3 is 0 Å². The molecule has 0 bridgehead atoms. The lowest BCUT2D eigenvalue weighted by Gasteiger charge is -2.31. The number of aliphatic imine (C=N–C) groups is 1. The molecular weight excluding hydrogens is 530 g/mol. The molecule has 0 saturated heterocycles. The quantitative estimate of drug-likeness (QED) is 0.149. The normalized spacial score (nSPS) is 12.0. The number of carbonyl (C=O) groups is 2. The van der Waals surface area contributed by atoms with Crippen molar-refractivity contribution in [1.29, 1.82) is 0 Å². The lowest BCUT2D eigenvalue weighted by atomic mass is 9.74. The molecule has 1 N–H and O–H groups in total. The Morgan fingerprint density at radius 3 is 2.02 bits per heavy atom. The lowest BCUT2D eigenvalue weighted by molar-refractivity contribution is -0.0987. The summed E-state index contributed by atoms with van der Waals surface area (Å²) in [6.45, 7) is 19.1. The van der Waals surface area contributed by atoms with Gasteiger partial charge in [-0.2, -0.15) is 0 Å². The first-order valence-electron chi connectivity index (χ1n) is 14.0. The third kappa shape index (κ3) is 11.8. The standard InChI is InChI=1S/C32H35F2N2.C2H6.2CH2O.H2/c1-6-12-29(26-15-11-16-28(33)31(26)34)36-30(7-2)35-22-21-27(32(3,4)5)25-19-17-24(18-20-25)23-13-9-8-10-14-23;3*1-2;/h2,8-11,13-20,27,29H,3,6,12,21-22H2,1,4-5H3,(H,35,36);1-2H3;2*1H2;1H. The van der Waals surface area contributed by atoms with E-state index in [1.165, 1.54) is 22.8 Å². The minimum absolute atomic E-state index is 0. The molecule has 0 spiro atoms. The second-order valence-electron chi connectivity index (χ2n) is 9.82. The summed E-state index contributed by atoms with van der Waals surface area (Å²) in [5.41, 5.74) is 3.59. The number of carbonyl (C=O) groups excluding carboxylic acids is 2. The fourth-order valence-electron chi connectivity index (χ4n) is 4.53. The first-order chi connectivity index (χ1) is 20.2. The molecule has 0 aromatic heterocycles. The minimum Gasteiger partial charge on any atom is -0.356 e. The molecular formula is C36H47F2N2O2. The van der Waals surface area contributed by atoms with E-state index in [9.17, 15) is 8.78 Å². The molecule has 42 heavy (non-hydrogen) atoms. The van der Waals surface area contributed by atoms with Gasteiger partial charge in [0.15, 0.2) is 17.5 Å². The molecule has 0 heterocycles. The Morgan fingerprint density at radius 1 is 0.929 bits per heavy atom. The molecule has 3 aromatic rings. The van der Waals surface area contributed by atoms with Crippen LogP contribution in [0.15, 0.2) is 77.8 Å². The molecule has 227 valence electrons. The van der Waals surface area contributed by atoms with Crippen molar-refractivity contribution in [2.45, 2.75) is 65.8 Å². The molecule has 0 aliphatic heterocycles. The first kappa shape index (κ1) is 37.9. The van der Waals surface area contributed by atoms with Gasteiger partial charge in [-0.1, -0.05) is 108 Å². The van der Waals surface area contributed by atoms with Crippen LogP contribution in [0.2, 0.25) is 0 Å². The van der Waals surface area contributed by atoms with Crippen molar-refractivity contribution in [2.24, 2.45) is 10.4 Å². The highest BCUT2D eigenvalue weighted by molar-refractivity contribution is 5.98. The maximum absolute atomic E-state index is 14.4. The molecule has 2 atom stereocenters. The van der Waals surface area contributed by atoms with Crippen molar-refractivity contribution >= 4 is 19.4 Å². The minimum atomic E-state index is -0.867. The number of hydrogen-bond donors (Lipinski definition) is 1. The molecule has 0 aliphatic carbocycles. The summed E-state index contributed by atoms with van der Waals surface area (Å²) in [5, 5.41) is 3.16. The van der Waals surface area contributed by atoms with Crippen LogP contribution < -0.4 is 5.32 Å². The number of amidine groups is 1. The largest absolute Gasteiger partial charge is 0.356 e. The Labute approximate surface area is 253 Å². The number of hydrogen-bond acceptors (Lipinski definition) is 3. The van der Waals surface area contributed by atoms with Gasteiger partial charge in [0.25, 0.3) is 0 Å². The Kier molecular flexibility index (Phi) is 18.7. The van der Waals surface area contributed by atoms with Crippen LogP contribution in [0.25, 0.3) is 11.1 Å². The van der Waals surface area contributed by atoms with E-state index in [-0.39, 0.29) is 18.3 Å². The third-order valence-corrected chi connectivity index (χ3v) is 6.43. The topological polar surface area (TPSA) is 58.5 Å². The summed E-state index contributed by atoms with van der Waals surface area (Å²) in [4.78, 5) is 20.6. The van der Waals surface area contributed by atoms with E-state index in [1.807, 2.05) is 52.5 Å². The number of halogens is 2. The van der Waals surface area contributed by atoms with Crippen LogP contribution in [-0.2, 0) is 9.59 Å². The number of rotatable bonds is 10. The average Bonchev–Trinajstić information content (AvgIpc) is 3.02. The van der Waals surface area contributed by atoms with Gasteiger partial charge in [0, 0.05) is 13.5 Å². The smallest absolute Gasteiger partial charge is 0.174 e. The molecule has 0 saturated carbocycles. The van der Waals surface area contributed by atoms with Gasteiger partial charge in [0.1, 0.15) is 13.6 Å². The molecule has 6 heteroatoms. The zero-order valence-corrected chi connectivity index (χ0v) is 25.6. The van der Waals surface area contributed by atoms with Crippen LogP contribution >= 0.6 is 0 Å². The van der Waals surface area contributed by atoms with Crippen molar-refractivity contribution in [1.82, 2.24) is 5.32 Å². The first-order valence-corrected chi connectivity index (χ1v) is 14.0. The SMILES string of the molecule is C#CC(=NCCC(c1ccc(-c2ccccc2)cc1)C([CH2])(C)C)NC(CCC)c1cccc(F)c1F.C=O.C=O.CC.[HH]. The van der Waals surface area contributed by atoms with Crippen LogP contribution in [0.3, 0.4) is 0 Å². The van der Waals surface area contributed by atoms with E-state index in [2.05, 4.69) is 73.4 Å². The molecule has 3 aromatic carbocycles. The number of benzene rings is 3. The molecule has 0 amide bonds. The maximum atomic E-state index is 14.4. The van der Waals surface area contributed by atoms with Gasteiger partial charge < -0.3 is 14.9 Å². The Hall–Kier alpha value is -4.11. The van der Waals surface area contributed by atoms with Crippen LogP contribution in [0, 0.1) is 36.3 Å². The molecule has 1 radical (unpaired) electrons. The summed E-state index contributed by atoms with van der Waals surface area (Å²) < 4.78 is 28.2. The van der Waals surface area contributed by atoms with Crippen molar-refractivity contribution < 1.29 is 19.8 Å². The Bertz CT molecular complexity index is 1230. The molecule has 3 rings (SSSR count). The van der Waals surface area contributed by atoms with Crippen LogP contribution in [0.1, 0.15) is 78.4 Å². The zero-order chi connectivity index (χ0) is 32.1. The Balaban J connectivity index is 0. The molecule has 4 nitrogen and oxygen atoms in total. The van der Waals surface area contributed by atoms with E-state index in [0.29, 0.717) is 18.8 Å². The van der Waals surface area contributed by atoms with E-state index < -0.39 is 17.7 Å². The van der Waals surface area contributed by atoms with Crippen molar-refractivity contribution in [2.75, 3.05) is 6.54 Å². The summed E-state index contributed by atoms with van der Waals surface area (Å²) in [5.74, 6) is 1.37. The highest BCUT2D eigenvalue weighted by atomic mass is 19.2. The van der Waals surface area contributed by atoms with Crippen molar-refractivity contribution in [3.63, 3.8) is 0 Å². The van der Waals surface area contributed by atoms with Gasteiger partial charge in [-0.15, -0.1) is 6.42 Å². The number of nitrogens with zero attached hydrogens (tertiary/aromatic N) is 1. The fourth-order valence-corrected chi connectivity index (χ4v) is 4.53. The van der Waals surface area contributed by atoms with E-state index >= 15 is 0 Å². The van der Waals surface area contributed by atoms with Crippen molar-refractivity contribution in [3.05, 3.63) is 102 Å². The average molecular weight is 578 g/mol. The summed E-state index contributed by atoms with van der Waals surface area (Å²) >= 11 is 0. The highest BCUT2D eigenvalue weighted by Gasteiger charge is 2.26. The summed E-state index contributed by atoms with van der Waals surface area (Å²) in [6.07, 6.45) is 7.86. The highest BCUT2D eigenvalue weighted by Crippen LogP contribution is 2.38. The van der Waals surface area contributed by atoms with Crippen LogP contribution in [0.4, 0.5) is 8.78 Å². The van der Waals surface area contributed by atoms with Crippen LogP contribution in [0.5, 0.6) is 0 Å². The van der Waals surface area contributed by atoms with Gasteiger partial charge in [-0.05, 0) is 59.8 Å². The van der Waals surface area contributed by atoms with E-state index in [1.54, 1.807) is 6.07 Å². The summed E-state index contributed by atoms with van der Waals surface area (Å²) in [7, 11) is 0. The predicted molar refractivity (Wildman–Crippen MR) is 174 cm³/mol. The lowest BCUT2D eigenvalue weighted by Crippen LogP contribution is -2.29. The molecule has 2 unspecified atom stereocenters. The zero-order valence-electron chi connectivity index (χ0n) is 25.6. The predicted octanol–water partition coefficient (Wildman–Crippen LogP) is 9.03. The van der Waals surface area contributed by atoms with Gasteiger partial charge in [0.05, 0.1) is 6.04 Å². The number of terminal acetylenes is 1. The van der Waals surface area contributed by atoms with Gasteiger partial charge in [0.2, 0.25) is 0 Å². The second-order valence-corrected chi connectivity index (χ2v) is 9.82. The second kappa shape index (κ2) is 20.7. The summed E-state index contributed by atoms with van der Waals surface area (Å²) in [6, 6.07) is 22.6. The fraction of sp³-hybridized carbons (Fsp3) is 0.333. The van der Waals surface area contributed by atoms with E-state index in [0.717, 1.165) is 18.9 Å².